The van der Waals surface area contributed by atoms with Gasteiger partial charge in [0, 0.05) is 12.5 Å². The van der Waals surface area contributed by atoms with E-state index in [2.05, 4.69) is 0 Å². The van der Waals surface area contributed by atoms with Crippen LogP contribution in [0.15, 0.2) is 0 Å². The van der Waals surface area contributed by atoms with E-state index >= 15 is 0 Å². The minimum absolute atomic E-state index is 0.0132. The smallest absolute Gasteiger partial charge is 0.113 e. The first-order chi connectivity index (χ1) is 7.15. The third-order valence-electron chi connectivity index (χ3n) is 3.44. The Morgan fingerprint density at radius 3 is 2.40 bits per heavy atom. The second kappa shape index (κ2) is 4.35. The molecule has 2 fully saturated rings. The maximum absolute atomic E-state index is 9.75. The Hall–Kier alpha value is -0.200. The molecule has 0 aromatic rings. The van der Waals surface area contributed by atoms with Gasteiger partial charge >= 0.3 is 0 Å². The van der Waals surface area contributed by atoms with E-state index in [1.165, 1.54) is 0 Å². The van der Waals surface area contributed by atoms with Crippen molar-refractivity contribution in [2.75, 3.05) is 6.61 Å². The van der Waals surface area contributed by atoms with Gasteiger partial charge in [-0.3, -0.25) is 0 Å². The Bertz CT molecular complexity index is 216. The molecule has 1 saturated heterocycles. The summed E-state index contributed by atoms with van der Waals surface area (Å²) in [6, 6.07) is 0. The number of hydrogen-bond acceptors (Lipinski definition) is 5. The van der Waals surface area contributed by atoms with E-state index in [9.17, 15) is 15.3 Å². The first-order valence-electron chi connectivity index (χ1n) is 5.45. The van der Waals surface area contributed by atoms with E-state index in [0.717, 1.165) is 12.8 Å². The van der Waals surface area contributed by atoms with Crippen molar-refractivity contribution in [2.24, 2.45) is 5.92 Å². The molecule has 4 N–H and O–H groups in total. The minimum atomic E-state index is -1.23. The largest absolute Gasteiger partial charge is 0.396 e. The highest BCUT2D eigenvalue weighted by Crippen LogP contribution is 2.35. The Morgan fingerprint density at radius 1 is 1.00 bits per heavy atom. The van der Waals surface area contributed by atoms with Crippen LogP contribution in [0.3, 0.4) is 0 Å². The van der Waals surface area contributed by atoms with Gasteiger partial charge in [0.1, 0.15) is 18.3 Å². The number of rotatable bonds is 1. The zero-order valence-corrected chi connectivity index (χ0v) is 8.49. The highest BCUT2D eigenvalue weighted by molar-refractivity contribution is 4.97. The summed E-state index contributed by atoms with van der Waals surface area (Å²) < 4.78 is 5.21. The molecule has 5 heteroatoms. The molecule has 0 spiro atoms. The molecule has 6 atom stereocenters. The Labute approximate surface area is 88.3 Å². The summed E-state index contributed by atoms with van der Waals surface area (Å²) in [6.07, 6.45) is -1.37. The quantitative estimate of drug-likeness (QED) is 0.407. The molecule has 0 aromatic heterocycles. The molecule has 1 aliphatic carbocycles. The van der Waals surface area contributed by atoms with Crippen LogP contribution in [0.5, 0.6) is 0 Å². The normalized spacial score (nSPS) is 51.2. The first-order valence-corrected chi connectivity index (χ1v) is 5.45. The van der Waals surface area contributed by atoms with Gasteiger partial charge in [-0.05, 0) is 12.8 Å². The fourth-order valence-electron chi connectivity index (χ4n) is 2.32. The fraction of sp³-hybridized carbons (Fsp3) is 1.00. The van der Waals surface area contributed by atoms with Crippen molar-refractivity contribution in [3.63, 3.8) is 0 Å². The van der Waals surface area contributed by atoms with Gasteiger partial charge < -0.3 is 25.2 Å². The number of aliphatic hydroxyl groups is 4. The van der Waals surface area contributed by atoms with Crippen LogP contribution in [0, 0.1) is 5.92 Å². The van der Waals surface area contributed by atoms with Crippen LogP contribution >= 0.6 is 0 Å². The van der Waals surface area contributed by atoms with Crippen molar-refractivity contribution in [3.05, 3.63) is 0 Å². The lowest BCUT2D eigenvalue weighted by molar-refractivity contribution is -0.0956. The van der Waals surface area contributed by atoms with Crippen molar-refractivity contribution >= 4 is 0 Å². The van der Waals surface area contributed by atoms with Crippen LogP contribution in [-0.4, -0.2) is 57.6 Å². The summed E-state index contributed by atoms with van der Waals surface area (Å²) in [5.74, 6) is -0.354. The molecular formula is C10H18O5. The molecule has 5 nitrogen and oxygen atoms in total. The average molecular weight is 218 g/mol. The van der Waals surface area contributed by atoms with Gasteiger partial charge in [-0.2, -0.15) is 0 Å². The van der Waals surface area contributed by atoms with E-state index in [1.54, 1.807) is 0 Å². The van der Waals surface area contributed by atoms with Crippen molar-refractivity contribution in [1.82, 2.24) is 0 Å². The molecule has 2 rings (SSSR count). The Morgan fingerprint density at radius 2 is 1.73 bits per heavy atom. The molecule has 0 aromatic carbocycles. The van der Waals surface area contributed by atoms with Gasteiger partial charge in [-0.15, -0.1) is 0 Å². The van der Waals surface area contributed by atoms with Gasteiger partial charge in [-0.25, -0.2) is 0 Å². The predicted octanol–water partition coefficient (Wildman–Crippen LogP) is -1.37. The average Bonchev–Trinajstić information content (AvgIpc) is 2.99. The zero-order chi connectivity index (χ0) is 11.0. The van der Waals surface area contributed by atoms with E-state index in [4.69, 9.17) is 9.84 Å². The second-order valence-electron chi connectivity index (χ2n) is 4.48. The number of epoxide rings is 1. The fourth-order valence-corrected chi connectivity index (χ4v) is 2.32. The molecule has 88 valence electrons. The van der Waals surface area contributed by atoms with E-state index in [1.807, 2.05) is 0 Å². The third-order valence-corrected chi connectivity index (χ3v) is 3.44. The molecule has 1 heterocycles. The summed E-state index contributed by atoms with van der Waals surface area (Å²) in [7, 11) is 0. The monoisotopic (exact) mass is 218 g/mol. The topological polar surface area (TPSA) is 93.5 Å². The predicted molar refractivity (Wildman–Crippen MR) is 51.1 cm³/mol. The van der Waals surface area contributed by atoms with E-state index in [0.29, 0.717) is 6.42 Å². The number of fused-ring (bicyclic) bond motifs is 1. The minimum Gasteiger partial charge on any atom is -0.396 e. The third kappa shape index (κ3) is 2.16. The van der Waals surface area contributed by atoms with Gasteiger partial charge in [0.05, 0.1) is 12.2 Å². The molecule has 0 bridgehead atoms. The molecule has 2 aliphatic rings. The highest BCUT2D eigenvalue weighted by Gasteiger charge is 2.49. The molecular weight excluding hydrogens is 200 g/mol. The standard InChI is InChI=1S/C10H18O5/c11-4-5-2-1-3-6-10(15-6)9(14)8(13)7(5)12/h5-14H,1-4H2/t5-,6-,7+,8+,9-,10+/m1/s1. The van der Waals surface area contributed by atoms with Crippen molar-refractivity contribution in [3.8, 4) is 0 Å². The zero-order valence-electron chi connectivity index (χ0n) is 8.49. The van der Waals surface area contributed by atoms with Crippen LogP contribution in [-0.2, 0) is 4.74 Å². The summed E-state index contributed by atoms with van der Waals surface area (Å²) in [4.78, 5) is 0. The van der Waals surface area contributed by atoms with Crippen molar-refractivity contribution in [2.45, 2.75) is 49.8 Å². The SMILES string of the molecule is OC[C@H]1CCC[C@H]2O[C@@H]2[C@H](O)[C@@H](O)[C@H]1O. The van der Waals surface area contributed by atoms with Crippen molar-refractivity contribution < 1.29 is 25.2 Å². The lowest BCUT2D eigenvalue weighted by Gasteiger charge is -2.27. The van der Waals surface area contributed by atoms with Crippen LogP contribution in [0.25, 0.3) is 0 Å². The molecule has 0 radical (unpaired) electrons. The van der Waals surface area contributed by atoms with Gasteiger partial charge in [-0.1, -0.05) is 6.42 Å². The van der Waals surface area contributed by atoms with Gasteiger partial charge in [0.25, 0.3) is 0 Å². The lowest BCUT2D eigenvalue weighted by atomic mass is 9.92. The molecule has 0 amide bonds. The molecule has 0 unspecified atom stereocenters. The maximum Gasteiger partial charge on any atom is 0.113 e. The molecule has 15 heavy (non-hydrogen) atoms. The van der Waals surface area contributed by atoms with Crippen molar-refractivity contribution in [1.29, 1.82) is 0 Å². The summed E-state index contributed by atoms with van der Waals surface area (Å²) in [5.41, 5.74) is 0. The lowest BCUT2D eigenvalue weighted by Crippen LogP contribution is -2.45. The number of ether oxygens (including phenoxy) is 1. The summed E-state index contributed by atoms with van der Waals surface area (Å²) in [5, 5.41) is 38.2. The van der Waals surface area contributed by atoms with Crippen LogP contribution in [0.2, 0.25) is 0 Å². The second-order valence-corrected chi connectivity index (χ2v) is 4.48. The summed E-state index contributed by atoms with van der Waals surface area (Å²) in [6.45, 7) is -0.166. The Balaban J connectivity index is 2.05. The maximum atomic E-state index is 9.75. The molecule has 1 aliphatic heterocycles. The van der Waals surface area contributed by atoms with Gasteiger partial charge in [0.15, 0.2) is 0 Å². The number of hydrogen-bond donors (Lipinski definition) is 4. The molecule has 1 saturated carbocycles. The van der Waals surface area contributed by atoms with Crippen LogP contribution in [0.4, 0.5) is 0 Å². The van der Waals surface area contributed by atoms with E-state index in [-0.39, 0.29) is 24.7 Å². The highest BCUT2D eigenvalue weighted by atomic mass is 16.6. The van der Waals surface area contributed by atoms with Gasteiger partial charge in [0.2, 0.25) is 0 Å². The summed E-state index contributed by atoms with van der Waals surface area (Å²) >= 11 is 0. The Kier molecular flexibility index (Phi) is 3.27. The van der Waals surface area contributed by atoms with Crippen LogP contribution in [0.1, 0.15) is 19.3 Å². The first kappa shape index (κ1) is 11.3. The van der Waals surface area contributed by atoms with E-state index < -0.39 is 18.3 Å². The van der Waals surface area contributed by atoms with Crippen LogP contribution < -0.4 is 0 Å². The number of aliphatic hydroxyl groups excluding tert-OH is 4.